The van der Waals surface area contributed by atoms with E-state index in [9.17, 15) is 4.79 Å². The maximum Gasteiger partial charge on any atom is 0.261 e. The summed E-state index contributed by atoms with van der Waals surface area (Å²) in [5.41, 5.74) is 1.09. The van der Waals surface area contributed by atoms with E-state index in [-0.39, 0.29) is 23.1 Å². The van der Waals surface area contributed by atoms with Crippen LogP contribution < -0.4 is 10.4 Å². The monoisotopic (exact) mass is 537 g/mol. The molecule has 1 aliphatic heterocycles. The molecule has 0 saturated heterocycles. The molecule has 3 aromatic rings. The fraction of sp³-hybridized carbons (Fsp3) is 0.265. The molecule has 1 heterocycles. The quantitative estimate of drug-likeness (QED) is 0.234. The molecule has 2 atom stereocenters. The minimum Gasteiger partial charge on any atom is -0.404 e. The average molecular weight is 538 g/mol. The van der Waals surface area contributed by atoms with Crippen molar-refractivity contribution in [3.05, 3.63) is 134 Å². The third-order valence-corrected chi connectivity index (χ3v) is 12.2. The van der Waals surface area contributed by atoms with Gasteiger partial charge in [-0.1, -0.05) is 130 Å². The summed E-state index contributed by atoms with van der Waals surface area (Å²) < 4.78 is 13.3. The van der Waals surface area contributed by atoms with Gasteiger partial charge in [-0.2, -0.15) is 0 Å². The van der Waals surface area contributed by atoms with Gasteiger partial charge in [0.15, 0.2) is 0 Å². The molecule has 4 rings (SSSR count). The molecule has 0 saturated carbocycles. The zero-order chi connectivity index (χ0) is 27.7. The number of hydrogen-bond acceptors (Lipinski definition) is 3. The lowest BCUT2D eigenvalue weighted by atomic mass is 10.0. The predicted molar refractivity (Wildman–Crippen MR) is 163 cm³/mol. The van der Waals surface area contributed by atoms with Gasteiger partial charge >= 0.3 is 0 Å². The summed E-state index contributed by atoms with van der Waals surface area (Å²) in [5.74, 6) is -0.0444. The molecular formula is C34H39NO3Si. The third-order valence-electron chi connectivity index (χ3n) is 7.17. The number of hydrogen-bond donors (Lipinski definition) is 0. The Morgan fingerprint density at radius 3 is 2.00 bits per heavy atom. The smallest absolute Gasteiger partial charge is 0.261 e. The van der Waals surface area contributed by atoms with Crippen molar-refractivity contribution in [2.24, 2.45) is 0 Å². The van der Waals surface area contributed by atoms with Crippen LogP contribution in [-0.4, -0.2) is 44.4 Å². The number of nitrogens with zero attached hydrogens (tertiary/aromatic N) is 1. The van der Waals surface area contributed by atoms with E-state index in [1.807, 2.05) is 54.6 Å². The molecule has 39 heavy (non-hydrogen) atoms. The molecule has 0 aromatic heterocycles. The summed E-state index contributed by atoms with van der Waals surface area (Å²) in [7, 11) is -2.65. The molecule has 0 fully saturated rings. The Balaban J connectivity index is 1.60. The van der Waals surface area contributed by atoms with Crippen LogP contribution in [0.4, 0.5) is 0 Å². The van der Waals surface area contributed by atoms with Gasteiger partial charge in [-0.3, -0.25) is 4.79 Å². The fourth-order valence-corrected chi connectivity index (χ4v) is 9.83. The Hall–Kier alpha value is -3.51. The largest absolute Gasteiger partial charge is 0.404 e. The van der Waals surface area contributed by atoms with Crippen LogP contribution in [0, 0.1) is 0 Å². The number of benzene rings is 3. The van der Waals surface area contributed by atoms with Crippen molar-refractivity contribution < 1.29 is 14.0 Å². The standard InChI is InChI=1S/C34H39NO3Si/c1-5-25-35-31(32(23-24-33(35)36)37-27-28-16-9-6-10-17-28)22-15-26-38-39(34(2,3)4,29-18-11-7-12-19-29)30-20-13-8-14-21-30/h5-24,31-32H,1,25-27H2,2-4H3/b22-15-/t31-,32-/m0/s1. The first-order valence-electron chi connectivity index (χ1n) is 13.5. The molecule has 0 bridgehead atoms. The molecule has 0 aliphatic carbocycles. The first kappa shape index (κ1) is 28.5. The molecule has 0 radical (unpaired) electrons. The van der Waals surface area contributed by atoms with E-state index in [0.29, 0.717) is 19.8 Å². The van der Waals surface area contributed by atoms with Crippen LogP contribution in [-0.2, 0) is 20.6 Å². The first-order chi connectivity index (χ1) is 18.9. The molecule has 0 spiro atoms. The Labute approximate surface area is 234 Å². The van der Waals surface area contributed by atoms with Crippen molar-refractivity contribution in [1.29, 1.82) is 0 Å². The molecule has 3 aromatic carbocycles. The number of amides is 1. The molecular weight excluding hydrogens is 498 g/mol. The van der Waals surface area contributed by atoms with E-state index < -0.39 is 8.32 Å². The number of carbonyl (C=O) groups is 1. The van der Waals surface area contributed by atoms with Gasteiger partial charge in [-0.25, -0.2) is 0 Å². The molecule has 1 aliphatic rings. The summed E-state index contributed by atoms with van der Waals surface area (Å²) >= 11 is 0. The van der Waals surface area contributed by atoms with Crippen LogP contribution in [0.3, 0.4) is 0 Å². The lowest BCUT2D eigenvalue weighted by Gasteiger charge is -2.43. The normalized spacial score (nSPS) is 18.0. The lowest BCUT2D eigenvalue weighted by molar-refractivity contribution is -0.130. The van der Waals surface area contributed by atoms with E-state index >= 15 is 0 Å². The van der Waals surface area contributed by atoms with Crippen LogP contribution in [0.1, 0.15) is 26.3 Å². The Bertz CT molecular complexity index is 1230. The van der Waals surface area contributed by atoms with Gasteiger partial charge in [0.1, 0.15) is 6.10 Å². The Kier molecular flexibility index (Phi) is 9.52. The highest BCUT2D eigenvalue weighted by Crippen LogP contribution is 2.36. The van der Waals surface area contributed by atoms with E-state index in [2.05, 4.69) is 82.0 Å². The van der Waals surface area contributed by atoms with E-state index in [1.54, 1.807) is 17.1 Å². The summed E-state index contributed by atoms with van der Waals surface area (Å²) in [6.07, 6.45) is 9.05. The average Bonchev–Trinajstić information content (AvgIpc) is 2.95. The highest BCUT2D eigenvalue weighted by molar-refractivity contribution is 6.99. The summed E-state index contributed by atoms with van der Waals surface area (Å²) in [6.45, 7) is 12.0. The SMILES string of the molecule is C=CCN1C(=O)C=C[C@H](OCc2ccccc2)[C@@H]1/C=C\CO[Si](c1ccccc1)(c1ccccc1)C(C)(C)C. The van der Waals surface area contributed by atoms with Crippen LogP contribution in [0.15, 0.2) is 128 Å². The molecule has 5 heteroatoms. The van der Waals surface area contributed by atoms with Gasteiger partial charge in [0, 0.05) is 12.6 Å². The van der Waals surface area contributed by atoms with Crippen molar-refractivity contribution in [3.8, 4) is 0 Å². The summed E-state index contributed by atoms with van der Waals surface area (Å²) in [5, 5.41) is 2.37. The van der Waals surface area contributed by atoms with Crippen molar-refractivity contribution in [1.82, 2.24) is 4.90 Å². The number of ether oxygens (including phenoxy) is 1. The van der Waals surface area contributed by atoms with Gasteiger partial charge in [0.05, 0.1) is 19.3 Å². The van der Waals surface area contributed by atoms with Crippen LogP contribution in [0.5, 0.6) is 0 Å². The van der Waals surface area contributed by atoms with Gasteiger partial charge in [-0.15, -0.1) is 6.58 Å². The predicted octanol–water partition coefficient (Wildman–Crippen LogP) is 5.66. The molecule has 202 valence electrons. The van der Waals surface area contributed by atoms with Gasteiger partial charge in [0.25, 0.3) is 8.32 Å². The number of carbonyl (C=O) groups excluding carboxylic acids is 1. The topological polar surface area (TPSA) is 38.8 Å². The molecule has 0 unspecified atom stereocenters. The third kappa shape index (κ3) is 6.56. The van der Waals surface area contributed by atoms with Gasteiger partial charge < -0.3 is 14.1 Å². The Morgan fingerprint density at radius 1 is 0.897 bits per heavy atom. The van der Waals surface area contributed by atoms with Crippen molar-refractivity contribution in [2.75, 3.05) is 13.2 Å². The minimum atomic E-state index is -2.65. The lowest BCUT2D eigenvalue weighted by Crippen LogP contribution is -2.66. The maximum atomic E-state index is 12.8. The van der Waals surface area contributed by atoms with Crippen molar-refractivity contribution in [3.63, 3.8) is 0 Å². The highest BCUT2D eigenvalue weighted by atomic mass is 28.4. The highest BCUT2D eigenvalue weighted by Gasteiger charge is 2.49. The zero-order valence-electron chi connectivity index (χ0n) is 23.2. The van der Waals surface area contributed by atoms with Crippen LogP contribution in [0.2, 0.25) is 5.04 Å². The van der Waals surface area contributed by atoms with Crippen molar-refractivity contribution in [2.45, 2.75) is 44.6 Å². The zero-order valence-corrected chi connectivity index (χ0v) is 24.2. The van der Waals surface area contributed by atoms with E-state index in [0.717, 1.165) is 5.56 Å². The van der Waals surface area contributed by atoms with E-state index in [4.69, 9.17) is 9.16 Å². The second kappa shape index (κ2) is 13.0. The molecule has 0 N–H and O–H groups in total. The van der Waals surface area contributed by atoms with Crippen molar-refractivity contribution >= 4 is 24.6 Å². The van der Waals surface area contributed by atoms with Gasteiger partial charge in [-0.05, 0) is 27.1 Å². The first-order valence-corrected chi connectivity index (χ1v) is 15.4. The fourth-order valence-electron chi connectivity index (χ4n) is 5.33. The van der Waals surface area contributed by atoms with Crippen LogP contribution in [0.25, 0.3) is 0 Å². The second-order valence-corrected chi connectivity index (χ2v) is 15.1. The number of rotatable bonds is 11. The maximum absolute atomic E-state index is 12.8. The van der Waals surface area contributed by atoms with Gasteiger partial charge in [0.2, 0.25) is 5.91 Å². The Morgan fingerprint density at radius 2 is 1.46 bits per heavy atom. The minimum absolute atomic E-state index is 0.0444. The van der Waals surface area contributed by atoms with Crippen LogP contribution >= 0.6 is 0 Å². The molecule has 1 amide bonds. The summed E-state index contributed by atoms with van der Waals surface area (Å²) in [6, 6.07) is 31.1. The summed E-state index contributed by atoms with van der Waals surface area (Å²) in [4.78, 5) is 14.6. The second-order valence-electron chi connectivity index (χ2n) is 10.8. The van der Waals surface area contributed by atoms with E-state index in [1.165, 1.54) is 10.4 Å². The molecule has 4 nitrogen and oxygen atoms in total.